The van der Waals surface area contributed by atoms with Crippen molar-refractivity contribution in [2.24, 2.45) is 5.73 Å². The van der Waals surface area contributed by atoms with Crippen molar-refractivity contribution in [3.05, 3.63) is 90.0 Å². The van der Waals surface area contributed by atoms with Gasteiger partial charge in [-0.3, -0.25) is 5.41 Å². The Balaban J connectivity index is 1.80. The van der Waals surface area contributed by atoms with E-state index in [-0.39, 0.29) is 5.84 Å². The first-order chi connectivity index (χ1) is 14.9. The van der Waals surface area contributed by atoms with E-state index in [4.69, 9.17) is 32.3 Å². The standard InChI is InChI=1S/C25H23N5O/c1-15-13-19(31-18-5-3-2-4-6-18)11-12-20(15)24-23(25(28)29)21(27)14-22(30-24)16-7-9-17(26)10-8-16/h2-14H,26H2,1H3,(H2,27,30)(H3,28,29). The zero-order valence-corrected chi connectivity index (χ0v) is 17.1. The Morgan fingerprint density at radius 3 is 2.23 bits per heavy atom. The molecule has 0 aliphatic carbocycles. The molecule has 4 aromatic rings. The number of hydrogen-bond acceptors (Lipinski definition) is 5. The van der Waals surface area contributed by atoms with E-state index in [0.29, 0.717) is 34.1 Å². The maximum atomic E-state index is 8.05. The molecule has 0 unspecified atom stereocenters. The third-order valence-electron chi connectivity index (χ3n) is 4.96. The zero-order chi connectivity index (χ0) is 22.0. The Kier molecular flexibility index (Phi) is 5.28. The molecule has 7 N–H and O–H groups in total. The summed E-state index contributed by atoms with van der Waals surface area (Å²) >= 11 is 0. The van der Waals surface area contributed by atoms with Crippen molar-refractivity contribution in [2.45, 2.75) is 6.92 Å². The molecule has 0 spiro atoms. The highest BCUT2D eigenvalue weighted by atomic mass is 16.5. The molecular weight excluding hydrogens is 386 g/mol. The summed E-state index contributed by atoms with van der Waals surface area (Å²) in [4.78, 5) is 4.82. The average Bonchev–Trinajstić information content (AvgIpc) is 2.74. The first kappa shape index (κ1) is 20.0. The Morgan fingerprint density at radius 1 is 0.871 bits per heavy atom. The Morgan fingerprint density at radius 2 is 1.58 bits per heavy atom. The van der Waals surface area contributed by atoms with Crippen LogP contribution in [0, 0.1) is 12.3 Å². The van der Waals surface area contributed by atoms with Crippen LogP contribution in [0.3, 0.4) is 0 Å². The second-order valence-electron chi connectivity index (χ2n) is 7.25. The molecule has 0 saturated carbocycles. The average molecular weight is 409 g/mol. The number of nitrogens with two attached hydrogens (primary N) is 3. The van der Waals surface area contributed by atoms with Gasteiger partial charge in [-0.05, 0) is 61.0 Å². The Labute approximate surface area is 180 Å². The predicted octanol–water partition coefficient (Wildman–Crippen LogP) is 4.96. The van der Waals surface area contributed by atoms with Gasteiger partial charge in [0.1, 0.15) is 17.3 Å². The van der Waals surface area contributed by atoms with Gasteiger partial charge in [0.2, 0.25) is 0 Å². The van der Waals surface area contributed by atoms with Crippen LogP contribution < -0.4 is 21.9 Å². The van der Waals surface area contributed by atoms with E-state index in [1.807, 2.05) is 79.7 Å². The SMILES string of the molecule is Cc1cc(Oc2ccccc2)ccc1-c1nc(-c2ccc(N)cc2)cc(N)c1C(=N)N. The van der Waals surface area contributed by atoms with Gasteiger partial charge < -0.3 is 21.9 Å². The van der Waals surface area contributed by atoms with Gasteiger partial charge in [-0.15, -0.1) is 0 Å². The molecule has 3 aromatic carbocycles. The predicted molar refractivity (Wildman–Crippen MR) is 126 cm³/mol. The Bertz CT molecular complexity index is 1250. The normalized spacial score (nSPS) is 10.6. The van der Waals surface area contributed by atoms with Gasteiger partial charge in [0.25, 0.3) is 0 Å². The van der Waals surface area contributed by atoms with Crippen LogP contribution in [0.2, 0.25) is 0 Å². The first-order valence-electron chi connectivity index (χ1n) is 9.77. The van der Waals surface area contributed by atoms with Crippen LogP contribution in [0.1, 0.15) is 11.1 Å². The number of anilines is 2. The van der Waals surface area contributed by atoms with Crippen LogP contribution in [0.4, 0.5) is 11.4 Å². The molecule has 0 bridgehead atoms. The number of rotatable bonds is 5. The molecule has 4 rings (SSSR count). The van der Waals surface area contributed by atoms with Gasteiger partial charge in [-0.1, -0.05) is 30.3 Å². The second kappa shape index (κ2) is 8.20. The van der Waals surface area contributed by atoms with Gasteiger partial charge in [0, 0.05) is 22.5 Å². The monoisotopic (exact) mass is 409 g/mol. The molecule has 0 aliphatic rings. The van der Waals surface area contributed by atoms with E-state index in [0.717, 1.165) is 22.4 Å². The van der Waals surface area contributed by atoms with Crippen molar-refractivity contribution in [2.75, 3.05) is 11.5 Å². The van der Waals surface area contributed by atoms with Crippen molar-refractivity contribution in [1.82, 2.24) is 4.98 Å². The summed E-state index contributed by atoms with van der Waals surface area (Å²) in [7, 11) is 0. The van der Waals surface area contributed by atoms with Crippen LogP contribution in [0.25, 0.3) is 22.5 Å². The summed E-state index contributed by atoms with van der Waals surface area (Å²) in [5.74, 6) is 1.33. The number of nitrogens with zero attached hydrogens (tertiary/aromatic N) is 1. The highest BCUT2D eigenvalue weighted by Gasteiger charge is 2.18. The molecule has 6 nitrogen and oxygen atoms in total. The number of para-hydroxylation sites is 1. The molecule has 1 aromatic heterocycles. The fourth-order valence-corrected chi connectivity index (χ4v) is 3.43. The molecular formula is C25H23N5O. The topological polar surface area (TPSA) is 124 Å². The molecule has 0 saturated heterocycles. The number of hydrogen-bond donors (Lipinski definition) is 4. The van der Waals surface area contributed by atoms with Crippen molar-refractivity contribution in [3.8, 4) is 34.0 Å². The lowest BCUT2D eigenvalue weighted by Gasteiger charge is -2.16. The third-order valence-corrected chi connectivity index (χ3v) is 4.96. The van der Waals surface area contributed by atoms with Crippen LogP contribution >= 0.6 is 0 Å². The summed E-state index contributed by atoms with van der Waals surface area (Å²) in [6.07, 6.45) is 0. The van der Waals surface area contributed by atoms with Crippen molar-refractivity contribution < 1.29 is 4.74 Å². The smallest absolute Gasteiger partial charge is 0.127 e. The van der Waals surface area contributed by atoms with Gasteiger partial charge in [-0.25, -0.2) is 4.98 Å². The van der Waals surface area contributed by atoms with Crippen molar-refractivity contribution in [3.63, 3.8) is 0 Å². The Hall–Kier alpha value is -4.32. The lowest BCUT2D eigenvalue weighted by molar-refractivity contribution is 0.482. The summed E-state index contributed by atoms with van der Waals surface area (Å²) in [6, 6.07) is 24.4. The van der Waals surface area contributed by atoms with Gasteiger partial charge in [0.15, 0.2) is 0 Å². The summed E-state index contributed by atoms with van der Waals surface area (Å²) in [5.41, 5.74) is 23.3. The molecule has 0 atom stereocenters. The zero-order valence-electron chi connectivity index (χ0n) is 17.1. The number of aromatic nitrogens is 1. The van der Waals surface area contributed by atoms with Gasteiger partial charge in [-0.2, -0.15) is 0 Å². The molecule has 154 valence electrons. The number of nitrogen functional groups attached to an aromatic ring is 3. The largest absolute Gasteiger partial charge is 0.457 e. The lowest BCUT2D eigenvalue weighted by atomic mass is 9.97. The van der Waals surface area contributed by atoms with Crippen molar-refractivity contribution >= 4 is 17.2 Å². The fraction of sp³-hybridized carbons (Fsp3) is 0.0400. The maximum Gasteiger partial charge on any atom is 0.127 e. The number of aryl methyl sites for hydroxylation is 1. The minimum atomic E-state index is -0.132. The second-order valence-corrected chi connectivity index (χ2v) is 7.25. The summed E-state index contributed by atoms with van der Waals surface area (Å²) in [5, 5.41) is 8.05. The third kappa shape index (κ3) is 4.18. The summed E-state index contributed by atoms with van der Waals surface area (Å²) < 4.78 is 5.93. The number of ether oxygens (including phenoxy) is 1. The van der Waals surface area contributed by atoms with E-state index >= 15 is 0 Å². The number of pyridine rings is 1. The molecule has 0 amide bonds. The fourth-order valence-electron chi connectivity index (χ4n) is 3.43. The molecule has 0 radical (unpaired) electrons. The molecule has 0 fully saturated rings. The number of benzene rings is 3. The van der Waals surface area contributed by atoms with E-state index in [9.17, 15) is 0 Å². The van der Waals surface area contributed by atoms with Crippen LogP contribution in [-0.4, -0.2) is 10.8 Å². The quantitative estimate of drug-likeness (QED) is 0.211. The minimum Gasteiger partial charge on any atom is -0.457 e. The van der Waals surface area contributed by atoms with E-state index in [2.05, 4.69) is 0 Å². The molecule has 6 heteroatoms. The highest BCUT2D eigenvalue weighted by Crippen LogP contribution is 2.34. The highest BCUT2D eigenvalue weighted by molar-refractivity contribution is 6.06. The van der Waals surface area contributed by atoms with Gasteiger partial charge >= 0.3 is 0 Å². The van der Waals surface area contributed by atoms with Crippen molar-refractivity contribution in [1.29, 1.82) is 5.41 Å². The van der Waals surface area contributed by atoms with E-state index in [1.165, 1.54) is 0 Å². The lowest BCUT2D eigenvalue weighted by Crippen LogP contribution is -2.16. The van der Waals surface area contributed by atoms with E-state index < -0.39 is 0 Å². The van der Waals surface area contributed by atoms with Crippen LogP contribution in [0.15, 0.2) is 78.9 Å². The molecule has 1 heterocycles. The summed E-state index contributed by atoms with van der Waals surface area (Å²) in [6.45, 7) is 1.96. The van der Waals surface area contributed by atoms with Crippen LogP contribution in [-0.2, 0) is 0 Å². The maximum absolute atomic E-state index is 8.05. The minimum absolute atomic E-state index is 0.132. The number of nitrogens with one attached hydrogen (secondary N) is 1. The first-order valence-corrected chi connectivity index (χ1v) is 9.77. The van der Waals surface area contributed by atoms with Crippen LogP contribution in [0.5, 0.6) is 11.5 Å². The van der Waals surface area contributed by atoms with E-state index in [1.54, 1.807) is 6.07 Å². The molecule has 0 aliphatic heterocycles. The van der Waals surface area contributed by atoms with Gasteiger partial charge in [0.05, 0.1) is 17.0 Å². The molecule has 31 heavy (non-hydrogen) atoms. The number of amidine groups is 1.